The first-order valence-corrected chi connectivity index (χ1v) is 8.19. The topological polar surface area (TPSA) is 27.6 Å². The molecule has 0 amide bonds. The highest BCUT2D eigenvalue weighted by atomic mass is 15.3. The van der Waals surface area contributed by atoms with Gasteiger partial charge in [-0.3, -0.25) is 5.43 Å². The first-order valence-electron chi connectivity index (χ1n) is 8.19. The molecule has 3 nitrogen and oxygen atoms in total. The Bertz CT molecular complexity index is 704. The van der Waals surface area contributed by atoms with Gasteiger partial charge in [0.25, 0.3) is 0 Å². The van der Waals surface area contributed by atoms with Gasteiger partial charge in [0, 0.05) is 18.3 Å². The SMILES string of the molecule is CC1CC(C)(C)N(C)c2ccc(C=NNc3ccccc3)cc21. The molecule has 120 valence electrons. The predicted molar refractivity (Wildman–Crippen MR) is 99.6 cm³/mol. The largest absolute Gasteiger partial charge is 0.369 e. The number of benzene rings is 2. The van der Waals surface area contributed by atoms with Crippen LogP contribution in [-0.2, 0) is 0 Å². The zero-order valence-corrected chi connectivity index (χ0v) is 14.4. The lowest BCUT2D eigenvalue weighted by Gasteiger charge is -2.45. The van der Waals surface area contributed by atoms with Gasteiger partial charge in [-0.15, -0.1) is 0 Å². The molecule has 0 radical (unpaired) electrons. The van der Waals surface area contributed by atoms with E-state index in [1.54, 1.807) is 0 Å². The van der Waals surface area contributed by atoms with E-state index in [9.17, 15) is 0 Å². The maximum atomic E-state index is 4.34. The van der Waals surface area contributed by atoms with Crippen LogP contribution >= 0.6 is 0 Å². The van der Waals surface area contributed by atoms with Crippen molar-refractivity contribution in [1.29, 1.82) is 0 Å². The van der Waals surface area contributed by atoms with Crippen molar-refractivity contribution in [3.8, 4) is 0 Å². The van der Waals surface area contributed by atoms with Crippen LogP contribution in [0.4, 0.5) is 11.4 Å². The first-order chi connectivity index (χ1) is 11.0. The monoisotopic (exact) mass is 307 g/mol. The minimum atomic E-state index is 0.205. The summed E-state index contributed by atoms with van der Waals surface area (Å²) in [6.45, 7) is 6.94. The van der Waals surface area contributed by atoms with E-state index >= 15 is 0 Å². The van der Waals surface area contributed by atoms with Gasteiger partial charge in [-0.2, -0.15) is 5.10 Å². The molecule has 2 aromatic rings. The summed E-state index contributed by atoms with van der Waals surface area (Å²) in [6, 6.07) is 16.6. The number of para-hydroxylation sites is 1. The summed E-state index contributed by atoms with van der Waals surface area (Å²) in [5.74, 6) is 0.562. The van der Waals surface area contributed by atoms with E-state index in [1.807, 2.05) is 36.5 Å². The smallest absolute Gasteiger partial charge is 0.0561 e. The molecule has 0 saturated carbocycles. The van der Waals surface area contributed by atoms with Crippen LogP contribution in [0.25, 0.3) is 0 Å². The number of rotatable bonds is 3. The number of hydrogen-bond donors (Lipinski definition) is 1. The molecule has 0 saturated heterocycles. The third-order valence-electron chi connectivity index (χ3n) is 4.84. The molecule has 0 fully saturated rings. The van der Waals surface area contributed by atoms with Gasteiger partial charge in [-0.25, -0.2) is 0 Å². The highest BCUT2D eigenvalue weighted by Gasteiger charge is 2.33. The molecular formula is C20H25N3. The number of nitrogens with one attached hydrogen (secondary N) is 1. The molecule has 0 spiro atoms. The average molecular weight is 307 g/mol. The molecule has 1 aliphatic rings. The van der Waals surface area contributed by atoms with Gasteiger partial charge in [0.15, 0.2) is 0 Å². The first kappa shape index (κ1) is 15.6. The molecular weight excluding hydrogens is 282 g/mol. The third-order valence-corrected chi connectivity index (χ3v) is 4.84. The summed E-state index contributed by atoms with van der Waals surface area (Å²) >= 11 is 0. The van der Waals surface area contributed by atoms with E-state index in [2.05, 4.69) is 61.4 Å². The fraction of sp³-hybridized carbons (Fsp3) is 0.350. The Hall–Kier alpha value is -2.29. The van der Waals surface area contributed by atoms with E-state index in [1.165, 1.54) is 17.7 Å². The highest BCUT2D eigenvalue weighted by Crippen LogP contribution is 2.42. The Labute approximate surface area is 139 Å². The van der Waals surface area contributed by atoms with Gasteiger partial charge in [-0.1, -0.05) is 31.2 Å². The Morgan fingerprint density at radius 3 is 2.65 bits per heavy atom. The molecule has 1 aliphatic heterocycles. The van der Waals surface area contributed by atoms with Crippen LogP contribution in [0.15, 0.2) is 53.6 Å². The second-order valence-electron chi connectivity index (χ2n) is 7.03. The van der Waals surface area contributed by atoms with Crippen LogP contribution in [0.2, 0.25) is 0 Å². The summed E-state index contributed by atoms with van der Waals surface area (Å²) in [6.07, 6.45) is 3.05. The Balaban J connectivity index is 1.80. The minimum absolute atomic E-state index is 0.205. The van der Waals surface area contributed by atoms with Crippen molar-refractivity contribution in [3.63, 3.8) is 0 Å². The van der Waals surface area contributed by atoms with Crippen molar-refractivity contribution in [3.05, 3.63) is 59.7 Å². The standard InChI is InChI=1S/C20H25N3/c1-15-13-20(2,3)23(4)19-11-10-16(12-18(15)19)14-21-22-17-8-6-5-7-9-17/h5-12,14-15,22H,13H2,1-4H3. The Morgan fingerprint density at radius 1 is 1.17 bits per heavy atom. The van der Waals surface area contributed by atoms with E-state index in [0.29, 0.717) is 5.92 Å². The van der Waals surface area contributed by atoms with Crippen LogP contribution in [0.1, 0.15) is 44.2 Å². The number of hydrogen-bond acceptors (Lipinski definition) is 3. The lowest BCUT2D eigenvalue weighted by atomic mass is 9.80. The maximum absolute atomic E-state index is 4.34. The fourth-order valence-corrected chi connectivity index (χ4v) is 3.37. The third kappa shape index (κ3) is 3.24. The van der Waals surface area contributed by atoms with Crippen molar-refractivity contribution in [1.82, 2.24) is 0 Å². The molecule has 0 bridgehead atoms. The molecule has 1 heterocycles. The Morgan fingerprint density at radius 2 is 1.91 bits per heavy atom. The molecule has 23 heavy (non-hydrogen) atoms. The normalized spacial score (nSPS) is 19.7. The highest BCUT2D eigenvalue weighted by molar-refractivity contribution is 5.82. The lowest BCUT2D eigenvalue weighted by Crippen LogP contribution is -2.45. The average Bonchev–Trinajstić information content (AvgIpc) is 2.53. The van der Waals surface area contributed by atoms with Crippen LogP contribution in [-0.4, -0.2) is 18.8 Å². The minimum Gasteiger partial charge on any atom is -0.369 e. The molecule has 0 aromatic heterocycles. The molecule has 3 rings (SSSR count). The zero-order valence-electron chi connectivity index (χ0n) is 14.4. The van der Waals surface area contributed by atoms with Crippen molar-refractivity contribution in [2.24, 2.45) is 5.10 Å². The molecule has 2 aromatic carbocycles. The summed E-state index contributed by atoms with van der Waals surface area (Å²) in [7, 11) is 2.19. The number of anilines is 2. The summed E-state index contributed by atoms with van der Waals surface area (Å²) in [5, 5.41) is 4.34. The van der Waals surface area contributed by atoms with Crippen molar-refractivity contribution < 1.29 is 0 Å². The second-order valence-corrected chi connectivity index (χ2v) is 7.03. The quantitative estimate of drug-likeness (QED) is 0.648. The molecule has 1 atom stereocenters. The van der Waals surface area contributed by atoms with Crippen molar-refractivity contribution in [2.75, 3.05) is 17.4 Å². The van der Waals surface area contributed by atoms with Gasteiger partial charge in [0.1, 0.15) is 0 Å². The second kappa shape index (κ2) is 6.07. The van der Waals surface area contributed by atoms with Crippen LogP contribution in [0.5, 0.6) is 0 Å². The van der Waals surface area contributed by atoms with E-state index in [4.69, 9.17) is 0 Å². The zero-order chi connectivity index (χ0) is 16.4. The van der Waals surface area contributed by atoms with Gasteiger partial charge in [-0.05, 0) is 61.6 Å². The molecule has 0 aliphatic carbocycles. The van der Waals surface area contributed by atoms with Crippen molar-refractivity contribution >= 4 is 17.6 Å². The number of fused-ring (bicyclic) bond motifs is 1. The number of nitrogens with zero attached hydrogens (tertiary/aromatic N) is 2. The van der Waals surface area contributed by atoms with Gasteiger partial charge < -0.3 is 4.90 Å². The van der Waals surface area contributed by atoms with Crippen LogP contribution in [0.3, 0.4) is 0 Å². The van der Waals surface area contributed by atoms with E-state index in [-0.39, 0.29) is 5.54 Å². The summed E-state index contributed by atoms with van der Waals surface area (Å²) in [5.41, 5.74) is 8.15. The molecule has 3 heteroatoms. The van der Waals surface area contributed by atoms with Crippen LogP contribution < -0.4 is 10.3 Å². The maximum Gasteiger partial charge on any atom is 0.0561 e. The van der Waals surface area contributed by atoms with Crippen molar-refractivity contribution in [2.45, 2.75) is 38.6 Å². The number of hydrazone groups is 1. The molecule has 1 N–H and O–H groups in total. The van der Waals surface area contributed by atoms with Crippen LogP contribution in [0, 0.1) is 0 Å². The van der Waals surface area contributed by atoms with Gasteiger partial charge >= 0.3 is 0 Å². The molecule has 1 unspecified atom stereocenters. The predicted octanol–water partition coefficient (Wildman–Crippen LogP) is 4.85. The van der Waals surface area contributed by atoms with E-state index < -0.39 is 0 Å². The van der Waals surface area contributed by atoms with E-state index in [0.717, 1.165) is 11.3 Å². The lowest BCUT2D eigenvalue weighted by molar-refractivity contribution is 0.395. The summed E-state index contributed by atoms with van der Waals surface area (Å²) in [4.78, 5) is 2.39. The Kier molecular flexibility index (Phi) is 4.12. The van der Waals surface area contributed by atoms with Gasteiger partial charge in [0.2, 0.25) is 0 Å². The van der Waals surface area contributed by atoms with Gasteiger partial charge in [0.05, 0.1) is 11.9 Å². The summed E-state index contributed by atoms with van der Waals surface area (Å²) < 4.78 is 0. The fourth-order valence-electron chi connectivity index (χ4n) is 3.37.